The summed E-state index contributed by atoms with van der Waals surface area (Å²) in [6.07, 6.45) is 3.30. The zero-order valence-electron chi connectivity index (χ0n) is 11.6. The first-order valence-electron chi connectivity index (χ1n) is 6.85. The molecule has 0 aliphatic heterocycles. The Kier molecular flexibility index (Phi) is 4.17. The van der Waals surface area contributed by atoms with Gasteiger partial charge in [0.25, 0.3) is 0 Å². The van der Waals surface area contributed by atoms with Crippen molar-refractivity contribution in [3.8, 4) is 0 Å². The fourth-order valence-electron chi connectivity index (χ4n) is 2.32. The molecular weight excluding hydrogens is 309 g/mol. The maximum Gasteiger partial charge on any atom is 0.214 e. The van der Waals surface area contributed by atoms with Crippen LogP contribution >= 0.6 is 23.2 Å². The molecule has 4 nitrogen and oxygen atoms in total. The molecule has 0 amide bonds. The molecular formula is C15H15Cl2N3O. The number of aromatic nitrogens is 3. The van der Waals surface area contributed by atoms with E-state index in [0.717, 1.165) is 29.0 Å². The smallest absolute Gasteiger partial charge is 0.214 e. The number of rotatable bonds is 5. The Labute approximate surface area is 132 Å². The highest BCUT2D eigenvalue weighted by molar-refractivity contribution is 6.31. The van der Waals surface area contributed by atoms with Crippen molar-refractivity contribution in [1.29, 1.82) is 0 Å². The lowest BCUT2D eigenvalue weighted by Gasteiger charge is -2.05. The molecule has 0 atom stereocenters. The van der Waals surface area contributed by atoms with E-state index in [-0.39, 0.29) is 0 Å². The number of hydrogen-bond acceptors (Lipinski definition) is 3. The van der Waals surface area contributed by atoms with Crippen LogP contribution in [-0.4, -0.2) is 20.4 Å². The molecule has 110 valence electrons. The Bertz CT molecular complexity index is 763. The normalized spacial score (nSPS) is 11.4. The first-order chi connectivity index (χ1) is 10.2. The summed E-state index contributed by atoms with van der Waals surface area (Å²) in [4.78, 5) is 8.92. The molecule has 0 aliphatic carbocycles. The average molecular weight is 324 g/mol. The zero-order chi connectivity index (χ0) is 14.8. The minimum atomic E-state index is 0.517. The molecule has 0 spiro atoms. The molecule has 6 heteroatoms. The first kappa shape index (κ1) is 14.4. The van der Waals surface area contributed by atoms with Gasteiger partial charge in [-0.25, -0.2) is 9.97 Å². The maximum atomic E-state index is 6.03. The van der Waals surface area contributed by atoms with Crippen LogP contribution in [0.1, 0.15) is 24.4 Å². The van der Waals surface area contributed by atoms with Crippen LogP contribution < -0.4 is 0 Å². The lowest BCUT2D eigenvalue weighted by molar-refractivity contribution is 0.445. The average Bonchev–Trinajstić information content (AvgIpc) is 3.05. The molecule has 0 unspecified atom stereocenters. The molecule has 3 aromatic rings. The zero-order valence-corrected chi connectivity index (χ0v) is 13.2. The molecule has 0 saturated carbocycles. The number of alkyl halides is 1. The van der Waals surface area contributed by atoms with Gasteiger partial charge in [0.15, 0.2) is 0 Å². The van der Waals surface area contributed by atoms with Crippen molar-refractivity contribution in [1.82, 2.24) is 14.5 Å². The summed E-state index contributed by atoms with van der Waals surface area (Å²) in [6.45, 7) is 2.59. The topological polar surface area (TPSA) is 43.9 Å². The van der Waals surface area contributed by atoms with Crippen LogP contribution in [0.2, 0.25) is 5.02 Å². The fourth-order valence-corrected chi connectivity index (χ4v) is 2.66. The van der Waals surface area contributed by atoms with Crippen LogP contribution in [0.3, 0.4) is 0 Å². The third-order valence-electron chi connectivity index (χ3n) is 3.35. The van der Waals surface area contributed by atoms with E-state index in [1.165, 1.54) is 0 Å². The fraction of sp³-hybridized carbons (Fsp3) is 0.333. The molecule has 0 saturated heterocycles. The first-order valence-corrected chi connectivity index (χ1v) is 7.76. The Morgan fingerprint density at radius 3 is 2.90 bits per heavy atom. The number of benzene rings is 1. The highest BCUT2D eigenvalue weighted by Crippen LogP contribution is 2.22. The van der Waals surface area contributed by atoms with Gasteiger partial charge in [-0.05, 0) is 18.2 Å². The second-order valence-corrected chi connectivity index (χ2v) is 5.57. The second kappa shape index (κ2) is 6.08. The number of oxazole rings is 1. The van der Waals surface area contributed by atoms with Gasteiger partial charge >= 0.3 is 0 Å². The molecule has 0 N–H and O–H groups in total. The van der Waals surface area contributed by atoms with E-state index in [2.05, 4.69) is 14.5 Å². The lowest BCUT2D eigenvalue weighted by atomic mass is 10.3. The molecule has 1 aromatic carbocycles. The number of aryl methyl sites for hydroxylation is 2. The highest BCUT2D eigenvalue weighted by atomic mass is 35.5. The molecule has 0 aliphatic rings. The summed E-state index contributed by atoms with van der Waals surface area (Å²) >= 11 is 11.9. The monoisotopic (exact) mass is 323 g/mol. The minimum Gasteiger partial charge on any atom is -0.444 e. The van der Waals surface area contributed by atoms with Gasteiger partial charge < -0.3 is 8.98 Å². The van der Waals surface area contributed by atoms with Gasteiger partial charge in [0.1, 0.15) is 18.1 Å². The van der Waals surface area contributed by atoms with Gasteiger partial charge in [-0.15, -0.1) is 11.6 Å². The van der Waals surface area contributed by atoms with Crippen molar-refractivity contribution in [2.24, 2.45) is 0 Å². The number of imidazole rings is 1. The van der Waals surface area contributed by atoms with E-state index in [1.807, 2.05) is 25.1 Å². The standard InChI is InChI=1S/C15H15Cl2N3O/c1-2-11-8-18-15(21-11)9-20-13-4-3-10(17)7-12(13)19-14(20)5-6-16/h3-4,7-8H,2,5-6,9H2,1H3. The van der Waals surface area contributed by atoms with Crippen molar-refractivity contribution < 1.29 is 4.42 Å². The third kappa shape index (κ3) is 2.92. The van der Waals surface area contributed by atoms with Crippen molar-refractivity contribution >= 4 is 34.2 Å². The van der Waals surface area contributed by atoms with Crippen LogP contribution in [0.25, 0.3) is 11.0 Å². The number of halogens is 2. The van der Waals surface area contributed by atoms with E-state index in [4.69, 9.17) is 27.6 Å². The van der Waals surface area contributed by atoms with Crippen LogP contribution in [0, 0.1) is 0 Å². The summed E-state index contributed by atoms with van der Waals surface area (Å²) in [5.74, 6) is 3.00. The van der Waals surface area contributed by atoms with E-state index in [1.54, 1.807) is 6.20 Å². The number of nitrogens with zero attached hydrogens (tertiary/aromatic N) is 3. The van der Waals surface area contributed by atoms with Crippen molar-refractivity contribution in [2.45, 2.75) is 26.3 Å². The van der Waals surface area contributed by atoms with E-state index in [0.29, 0.717) is 29.8 Å². The van der Waals surface area contributed by atoms with Gasteiger partial charge in [0.05, 0.1) is 17.2 Å². The summed E-state index contributed by atoms with van der Waals surface area (Å²) in [6, 6.07) is 5.68. The van der Waals surface area contributed by atoms with Gasteiger partial charge in [0, 0.05) is 23.7 Å². The van der Waals surface area contributed by atoms with Crippen LogP contribution in [-0.2, 0) is 19.4 Å². The molecule has 0 radical (unpaired) electrons. The van der Waals surface area contributed by atoms with E-state index < -0.39 is 0 Å². The maximum absolute atomic E-state index is 6.03. The van der Waals surface area contributed by atoms with Crippen LogP contribution in [0.15, 0.2) is 28.8 Å². The Morgan fingerprint density at radius 2 is 2.19 bits per heavy atom. The molecule has 0 bridgehead atoms. The molecule has 0 fully saturated rings. The Hall–Kier alpha value is -1.52. The van der Waals surface area contributed by atoms with E-state index >= 15 is 0 Å². The summed E-state index contributed by atoms with van der Waals surface area (Å²) in [5.41, 5.74) is 1.88. The number of hydrogen-bond donors (Lipinski definition) is 0. The Morgan fingerprint density at radius 1 is 1.33 bits per heavy atom. The summed E-state index contributed by atoms with van der Waals surface area (Å²) in [5, 5.41) is 0.675. The third-order valence-corrected chi connectivity index (χ3v) is 3.77. The summed E-state index contributed by atoms with van der Waals surface area (Å²) in [7, 11) is 0. The van der Waals surface area contributed by atoms with Crippen LogP contribution in [0.5, 0.6) is 0 Å². The van der Waals surface area contributed by atoms with Gasteiger partial charge in [0.2, 0.25) is 5.89 Å². The van der Waals surface area contributed by atoms with Crippen molar-refractivity contribution in [3.63, 3.8) is 0 Å². The minimum absolute atomic E-state index is 0.517. The molecule has 3 rings (SSSR count). The largest absolute Gasteiger partial charge is 0.444 e. The van der Waals surface area contributed by atoms with Gasteiger partial charge in [-0.2, -0.15) is 0 Å². The van der Waals surface area contributed by atoms with Crippen molar-refractivity contribution in [2.75, 3.05) is 5.88 Å². The highest BCUT2D eigenvalue weighted by Gasteiger charge is 2.13. The van der Waals surface area contributed by atoms with Gasteiger partial charge in [-0.1, -0.05) is 18.5 Å². The number of fused-ring (bicyclic) bond motifs is 1. The van der Waals surface area contributed by atoms with E-state index in [9.17, 15) is 0 Å². The van der Waals surface area contributed by atoms with Crippen LogP contribution in [0.4, 0.5) is 0 Å². The molecule has 21 heavy (non-hydrogen) atoms. The van der Waals surface area contributed by atoms with Gasteiger partial charge in [-0.3, -0.25) is 0 Å². The second-order valence-electron chi connectivity index (χ2n) is 4.76. The SMILES string of the molecule is CCc1cnc(Cn2c(CCCl)nc3cc(Cl)ccc32)o1. The Balaban J connectivity index is 2.03. The lowest BCUT2D eigenvalue weighted by Crippen LogP contribution is -2.06. The predicted octanol–water partition coefficient (Wildman–Crippen LogP) is 4.07. The van der Waals surface area contributed by atoms with Crippen molar-refractivity contribution in [3.05, 3.63) is 46.9 Å². The quantitative estimate of drug-likeness (QED) is 0.665. The predicted molar refractivity (Wildman–Crippen MR) is 84.2 cm³/mol. The summed E-state index contributed by atoms with van der Waals surface area (Å²) < 4.78 is 7.78. The molecule has 2 aromatic heterocycles. The molecule has 2 heterocycles.